The number of halogens is 5. The highest BCUT2D eigenvalue weighted by molar-refractivity contribution is 6.36. The maximum absolute atomic E-state index is 13.8. The molecule has 1 aromatic rings. The van der Waals surface area contributed by atoms with Gasteiger partial charge >= 0.3 is 18.1 Å². The van der Waals surface area contributed by atoms with Crippen molar-refractivity contribution in [2.45, 2.75) is 18.6 Å². The Kier molecular flexibility index (Phi) is 5.25. The van der Waals surface area contributed by atoms with Crippen molar-refractivity contribution in [3.8, 4) is 0 Å². The summed E-state index contributed by atoms with van der Waals surface area (Å²) in [6.45, 7) is 0.971. The fourth-order valence-electron chi connectivity index (χ4n) is 2.38. The van der Waals surface area contributed by atoms with Gasteiger partial charge in [-0.2, -0.15) is 13.2 Å². The molecule has 140 valence electrons. The molecule has 1 amide bonds. The third-order valence-corrected chi connectivity index (χ3v) is 4.12. The highest BCUT2D eigenvalue weighted by atomic mass is 35.5. The van der Waals surface area contributed by atoms with E-state index in [4.69, 9.17) is 23.2 Å². The largest absolute Gasteiger partial charge is 0.465 e. The summed E-state index contributed by atoms with van der Waals surface area (Å²) in [4.78, 5) is 36.3. The molecule has 0 bridgehead atoms. The van der Waals surface area contributed by atoms with E-state index in [9.17, 15) is 27.6 Å². The molecule has 1 unspecified atom stereocenters. The third kappa shape index (κ3) is 3.12. The monoisotopic (exact) mass is 411 g/mol. The normalized spacial score (nSPS) is 20.0. The van der Waals surface area contributed by atoms with Crippen molar-refractivity contribution in [1.29, 1.82) is 0 Å². The van der Waals surface area contributed by atoms with Crippen molar-refractivity contribution in [1.82, 2.24) is 5.32 Å². The van der Waals surface area contributed by atoms with Crippen LogP contribution in [-0.4, -0.2) is 36.7 Å². The lowest BCUT2D eigenvalue weighted by Gasteiger charge is -2.30. The van der Waals surface area contributed by atoms with Crippen molar-refractivity contribution in [2.75, 3.05) is 7.11 Å². The van der Waals surface area contributed by atoms with Crippen LogP contribution >= 0.6 is 23.2 Å². The van der Waals surface area contributed by atoms with E-state index in [1.165, 1.54) is 11.4 Å². The zero-order chi connectivity index (χ0) is 19.9. The Morgan fingerprint density at radius 3 is 2.38 bits per heavy atom. The molecule has 0 saturated heterocycles. The highest BCUT2D eigenvalue weighted by Crippen LogP contribution is 2.44. The van der Waals surface area contributed by atoms with Crippen LogP contribution in [0.5, 0.6) is 0 Å². The molecular formula is C15H10Cl2F3NO5. The van der Waals surface area contributed by atoms with E-state index < -0.39 is 40.9 Å². The number of amides is 1. The van der Waals surface area contributed by atoms with Crippen LogP contribution in [0.15, 0.2) is 29.5 Å². The van der Waals surface area contributed by atoms with Gasteiger partial charge in [0.2, 0.25) is 0 Å². The van der Waals surface area contributed by atoms with Crippen molar-refractivity contribution < 1.29 is 37.0 Å². The molecule has 1 N–H and O–H groups in total. The minimum atomic E-state index is -5.40. The summed E-state index contributed by atoms with van der Waals surface area (Å²) in [7, 11) is 0.824. The summed E-state index contributed by atoms with van der Waals surface area (Å²) in [6, 6.07) is 3.42. The van der Waals surface area contributed by atoms with E-state index in [2.05, 4.69) is 9.47 Å². The number of allylic oxidation sites excluding steroid dienone is 1. The number of benzene rings is 1. The zero-order valence-electron chi connectivity index (χ0n) is 13.2. The minimum Gasteiger partial charge on any atom is -0.465 e. The summed E-state index contributed by atoms with van der Waals surface area (Å²) in [5.41, 5.74) is -5.29. The number of ether oxygens (including phenoxy) is 2. The standard InChI is InChI=1S/C15H10Cl2F3NO5/c1-6-10(12(23)25-2)14(13(24)26-6,15(18,19)20)21-11(22)8-4-3-7(16)5-9(8)17/h3-5H,1-2H3,(H,21,22). The van der Waals surface area contributed by atoms with E-state index in [1.807, 2.05) is 0 Å². The molecule has 2 rings (SSSR count). The van der Waals surface area contributed by atoms with Crippen molar-refractivity contribution in [2.24, 2.45) is 0 Å². The number of cyclic esters (lactones) is 1. The Bertz CT molecular complexity index is 837. The smallest absolute Gasteiger partial charge is 0.427 e. The number of hydrogen-bond acceptors (Lipinski definition) is 5. The van der Waals surface area contributed by atoms with Crippen molar-refractivity contribution in [3.63, 3.8) is 0 Å². The first-order valence-electron chi connectivity index (χ1n) is 6.82. The Labute approximate surface area is 154 Å². The van der Waals surface area contributed by atoms with E-state index in [-0.39, 0.29) is 15.6 Å². The summed E-state index contributed by atoms with van der Waals surface area (Å²) >= 11 is 11.5. The second kappa shape index (κ2) is 6.81. The first-order valence-corrected chi connectivity index (χ1v) is 7.57. The molecule has 0 aromatic heterocycles. The van der Waals surface area contributed by atoms with Crippen LogP contribution < -0.4 is 5.32 Å². The number of methoxy groups -OCH3 is 1. The molecule has 26 heavy (non-hydrogen) atoms. The molecule has 0 aliphatic carbocycles. The van der Waals surface area contributed by atoms with Gasteiger partial charge in [0.05, 0.1) is 17.7 Å². The topological polar surface area (TPSA) is 81.7 Å². The second-order valence-corrected chi connectivity index (χ2v) is 5.98. The van der Waals surface area contributed by atoms with Gasteiger partial charge in [-0.15, -0.1) is 0 Å². The predicted octanol–water partition coefficient (Wildman–Crippen LogP) is 3.03. The maximum Gasteiger partial charge on any atom is 0.427 e. The van der Waals surface area contributed by atoms with Crippen LogP contribution in [0.3, 0.4) is 0 Å². The lowest BCUT2D eigenvalue weighted by molar-refractivity contribution is -0.196. The number of hydrogen-bond donors (Lipinski definition) is 1. The Hall–Kier alpha value is -2.26. The quantitative estimate of drug-likeness (QED) is 0.773. The Morgan fingerprint density at radius 1 is 1.27 bits per heavy atom. The molecule has 0 fully saturated rings. The molecule has 1 atom stereocenters. The van der Waals surface area contributed by atoms with Crippen LogP contribution in [0, 0.1) is 0 Å². The van der Waals surface area contributed by atoms with Crippen LogP contribution in [0.25, 0.3) is 0 Å². The molecule has 6 nitrogen and oxygen atoms in total. The summed E-state index contributed by atoms with van der Waals surface area (Å²) in [6.07, 6.45) is -5.40. The lowest BCUT2D eigenvalue weighted by atomic mass is 9.89. The fraction of sp³-hybridized carbons (Fsp3) is 0.267. The first kappa shape index (κ1) is 20.1. The second-order valence-electron chi connectivity index (χ2n) is 5.14. The minimum absolute atomic E-state index is 0.142. The van der Waals surface area contributed by atoms with Crippen LogP contribution in [0.1, 0.15) is 17.3 Å². The van der Waals surface area contributed by atoms with Gasteiger partial charge in [-0.3, -0.25) is 4.79 Å². The average molecular weight is 412 g/mol. The van der Waals surface area contributed by atoms with E-state index >= 15 is 0 Å². The molecule has 1 aliphatic heterocycles. The molecule has 0 radical (unpaired) electrons. The Balaban J connectivity index is 2.60. The van der Waals surface area contributed by atoms with Crippen LogP contribution in [0.4, 0.5) is 13.2 Å². The Morgan fingerprint density at radius 2 is 1.88 bits per heavy atom. The molecular weight excluding hydrogens is 402 g/mol. The molecule has 1 aliphatic rings. The van der Waals surface area contributed by atoms with Crippen LogP contribution in [-0.2, 0) is 19.1 Å². The van der Waals surface area contributed by atoms with Gasteiger partial charge in [-0.05, 0) is 25.1 Å². The molecule has 1 heterocycles. The highest BCUT2D eigenvalue weighted by Gasteiger charge is 2.71. The fourth-order valence-corrected chi connectivity index (χ4v) is 2.88. The van der Waals surface area contributed by atoms with E-state index in [0.29, 0.717) is 0 Å². The number of alkyl halides is 3. The van der Waals surface area contributed by atoms with Gasteiger partial charge in [-0.25, -0.2) is 9.59 Å². The average Bonchev–Trinajstić information content (AvgIpc) is 2.77. The van der Waals surface area contributed by atoms with E-state index in [0.717, 1.165) is 26.2 Å². The van der Waals surface area contributed by atoms with E-state index in [1.54, 1.807) is 0 Å². The third-order valence-electron chi connectivity index (χ3n) is 3.57. The lowest BCUT2D eigenvalue weighted by Crippen LogP contribution is -2.64. The maximum atomic E-state index is 13.8. The van der Waals surface area contributed by atoms with Gasteiger partial charge in [0.15, 0.2) is 0 Å². The van der Waals surface area contributed by atoms with Crippen molar-refractivity contribution in [3.05, 3.63) is 45.1 Å². The molecule has 1 aromatic carbocycles. The van der Waals surface area contributed by atoms with Gasteiger partial charge < -0.3 is 14.8 Å². The molecule has 0 saturated carbocycles. The number of esters is 2. The zero-order valence-corrected chi connectivity index (χ0v) is 14.7. The summed E-state index contributed by atoms with van der Waals surface area (Å²) in [5.74, 6) is -5.37. The molecule has 11 heteroatoms. The van der Waals surface area contributed by atoms with Gasteiger partial charge in [0.25, 0.3) is 11.4 Å². The summed E-state index contributed by atoms with van der Waals surface area (Å²) < 4.78 is 50.2. The van der Waals surface area contributed by atoms with Gasteiger partial charge in [0.1, 0.15) is 11.3 Å². The van der Waals surface area contributed by atoms with Crippen LogP contribution in [0.2, 0.25) is 10.0 Å². The number of nitrogens with one attached hydrogen (secondary N) is 1. The SMILES string of the molecule is COC(=O)C1=C(C)OC(=O)C1(NC(=O)c1ccc(Cl)cc1Cl)C(F)(F)F. The predicted molar refractivity (Wildman–Crippen MR) is 83.5 cm³/mol. The number of carbonyl (C=O) groups is 3. The molecule has 0 spiro atoms. The van der Waals surface area contributed by atoms with Crippen molar-refractivity contribution >= 4 is 41.0 Å². The number of carbonyl (C=O) groups excluding carboxylic acids is 3. The summed E-state index contributed by atoms with van der Waals surface area (Å²) in [5, 5.41) is 1.42. The number of rotatable bonds is 3. The first-order chi connectivity index (χ1) is 12.0. The van der Waals surface area contributed by atoms with Gasteiger partial charge in [-0.1, -0.05) is 23.2 Å². The van der Waals surface area contributed by atoms with Gasteiger partial charge in [0, 0.05) is 5.02 Å².